The molecule has 2 aromatic heterocycles. The Kier molecular flexibility index (Phi) is 5.35. The fraction of sp³-hybridized carbons (Fsp3) is 0.600. The predicted molar refractivity (Wildman–Crippen MR) is 80.1 cm³/mol. The van der Waals surface area contributed by atoms with Crippen molar-refractivity contribution in [1.29, 1.82) is 0 Å². The predicted octanol–water partition coefficient (Wildman–Crippen LogP) is 2.44. The van der Waals surface area contributed by atoms with Crippen LogP contribution in [0.2, 0.25) is 0 Å². The van der Waals surface area contributed by atoms with Gasteiger partial charge in [0.2, 0.25) is 0 Å². The van der Waals surface area contributed by atoms with Gasteiger partial charge in [-0.3, -0.25) is 9.36 Å². The number of nitrogens with zero attached hydrogens (tertiary/aromatic N) is 4. The van der Waals surface area contributed by atoms with Crippen molar-refractivity contribution < 1.29 is 0 Å². The second-order valence-electron chi connectivity index (χ2n) is 5.64. The normalized spacial score (nSPS) is 11.4. The van der Waals surface area contributed by atoms with Crippen LogP contribution in [0.1, 0.15) is 38.4 Å². The van der Waals surface area contributed by atoms with Crippen LogP contribution in [0.4, 0.5) is 0 Å². The molecule has 2 aromatic rings. The fourth-order valence-electron chi connectivity index (χ4n) is 2.16. The molecule has 1 N–H and O–H groups in total. The van der Waals surface area contributed by atoms with Crippen molar-refractivity contribution >= 4 is 0 Å². The Labute approximate surface area is 121 Å². The smallest absolute Gasteiger partial charge is 0.0762 e. The summed E-state index contributed by atoms with van der Waals surface area (Å²) in [6.07, 6.45) is 7.20. The largest absolute Gasteiger partial charge is 0.307 e. The molecule has 0 spiro atoms. The molecule has 5 nitrogen and oxygen atoms in total. The topological polar surface area (TPSA) is 47.7 Å². The van der Waals surface area contributed by atoms with E-state index in [0.29, 0.717) is 5.92 Å². The van der Waals surface area contributed by atoms with Crippen molar-refractivity contribution in [3.05, 3.63) is 35.9 Å². The van der Waals surface area contributed by atoms with E-state index in [1.165, 1.54) is 5.56 Å². The van der Waals surface area contributed by atoms with Crippen molar-refractivity contribution in [3.63, 3.8) is 0 Å². The van der Waals surface area contributed by atoms with Gasteiger partial charge >= 0.3 is 0 Å². The maximum Gasteiger partial charge on any atom is 0.0762 e. The Morgan fingerprint density at radius 3 is 2.85 bits per heavy atom. The van der Waals surface area contributed by atoms with E-state index < -0.39 is 0 Å². The van der Waals surface area contributed by atoms with Crippen molar-refractivity contribution in [2.45, 2.75) is 53.4 Å². The Hall–Kier alpha value is -1.62. The van der Waals surface area contributed by atoms with E-state index in [1.807, 2.05) is 15.6 Å². The fourth-order valence-corrected chi connectivity index (χ4v) is 2.16. The molecule has 2 heterocycles. The van der Waals surface area contributed by atoms with Crippen LogP contribution in [-0.2, 0) is 26.2 Å². The quantitative estimate of drug-likeness (QED) is 0.805. The zero-order valence-electron chi connectivity index (χ0n) is 12.7. The van der Waals surface area contributed by atoms with Crippen LogP contribution in [-0.4, -0.2) is 19.6 Å². The molecule has 0 saturated carbocycles. The Morgan fingerprint density at radius 2 is 2.10 bits per heavy atom. The average Bonchev–Trinajstić information content (AvgIpc) is 2.99. The van der Waals surface area contributed by atoms with E-state index >= 15 is 0 Å². The molecule has 0 aliphatic heterocycles. The summed E-state index contributed by atoms with van der Waals surface area (Å²) in [6.45, 7) is 10.2. The first kappa shape index (κ1) is 14.8. The van der Waals surface area contributed by atoms with Crippen molar-refractivity contribution in [2.24, 2.45) is 5.92 Å². The third-order valence-electron chi connectivity index (χ3n) is 3.02. The molecule has 0 unspecified atom stereocenters. The van der Waals surface area contributed by atoms with Crippen molar-refractivity contribution in [1.82, 2.24) is 24.9 Å². The minimum atomic E-state index is 0.625. The lowest BCUT2D eigenvalue weighted by Gasteiger charge is -2.04. The highest BCUT2D eigenvalue weighted by Crippen LogP contribution is 2.02. The monoisotopic (exact) mass is 275 g/mol. The summed E-state index contributed by atoms with van der Waals surface area (Å²) >= 11 is 0. The molecule has 2 rings (SSSR count). The molecule has 5 heteroatoms. The molecule has 0 aromatic carbocycles. The first-order valence-electron chi connectivity index (χ1n) is 7.41. The second-order valence-corrected chi connectivity index (χ2v) is 5.64. The second kappa shape index (κ2) is 7.24. The van der Waals surface area contributed by atoms with E-state index in [9.17, 15) is 0 Å². The summed E-state index contributed by atoms with van der Waals surface area (Å²) in [7, 11) is 0. The zero-order valence-corrected chi connectivity index (χ0v) is 12.7. The zero-order chi connectivity index (χ0) is 14.4. The molecule has 110 valence electrons. The Morgan fingerprint density at radius 1 is 1.25 bits per heavy atom. The average molecular weight is 275 g/mol. The first-order chi connectivity index (χ1) is 9.67. The molecule has 0 saturated heterocycles. The van der Waals surface area contributed by atoms with E-state index in [-0.39, 0.29) is 0 Å². The third kappa shape index (κ3) is 4.49. The lowest BCUT2D eigenvalue weighted by molar-refractivity contribution is 0.477. The van der Waals surface area contributed by atoms with Gasteiger partial charge in [0.25, 0.3) is 0 Å². The lowest BCUT2D eigenvalue weighted by Crippen LogP contribution is -2.13. The molecule has 0 aliphatic carbocycles. The standard InChI is InChI=1S/C15H25N5/c1-4-6-19-12-14(9-17-19)8-16-10-15-5-7-20(18-15)11-13(2)3/h5,7,9,12-13,16H,4,6,8,10-11H2,1-3H3. The number of hydrogen-bond donors (Lipinski definition) is 1. The van der Waals surface area contributed by atoms with Gasteiger partial charge in [-0.2, -0.15) is 10.2 Å². The molecule has 0 bridgehead atoms. The minimum absolute atomic E-state index is 0.625. The van der Waals surface area contributed by atoms with E-state index in [4.69, 9.17) is 0 Å². The number of hydrogen-bond acceptors (Lipinski definition) is 3. The first-order valence-corrected chi connectivity index (χ1v) is 7.41. The lowest BCUT2D eigenvalue weighted by atomic mass is 10.2. The van der Waals surface area contributed by atoms with Gasteiger partial charge in [0.1, 0.15) is 0 Å². The molecule has 0 fully saturated rings. The van der Waals surface area contributed by atoms with Gasteiger partial charge in [0.05, 0.1) is 11.9 Å². The van der Waals surface area contributed by atoms with Crippen LogP contribution in [0.15, 0.2) is 24.7 Å². The van der Waals surface area contributed by atoms with Gasteiger partial charge in [-0.25, -0.2) is 0 Å². The maximum absolute atomic E-state index is 4.55. The van der Waals surface area contributed by atoms with Gasteiger partial charge in [0, 0.05) is 44.1 Å². The molecule has 20 heavy (non-hydrogen) atoms. The SMILES string of the molecule is CCCn1cc(CNCc2ccn(CC(C)C)n2)cn1. The maximum atomic E-state index is 4.55. The third-order valence-corrected chi connectivity index (χ3v) is 3.02. The highest BCUT2D eigenvalue weighted by Gasteiger charge is 2.02. The summed E-state index contributed by atoms with van der Waals surface area (Å²) in [5.41, 5.74) is 2.31. The van der Waals surface area contributed by atoms with Gasteiger partial charge in [-0.15, -0.1) is 0 Å². The van der Waals surface area contributed by atoms with Gasteiger partial charge < -0.3 is 5.32 Å². The van der Waals surface area contributed by atoms with Crippen LogP contribution in [0, 0.1) is 5.92 Å². The van der Waals surface area contributed by atoms with Crippen LogP contribution in [0.25, 0.3) is 0 Å². The van der Waals surface area contributed by atoms with Crippen LogP contribution >= 0.6 is 0 Å². The Balaban J connectivity index is 1.75. The van der Waals surface area contributed by atoms with Gasteiger partial charge in [0.15, 0.2) is 0 Å². The number of aromatic nitrogens is 4. The van der Waals surface area contributed by atoms with E-state index in [1.54, 1.807) is 0 Å². The molecule has 0 radical (unpaired) electrons. The van der Waals surface area contributed by atoms with Gasteiger partial charge in [-0.1, -0.05) is 20.8 Å². The summed E-state index contributed by atoms with van der Waals surface area (Å²) in [6, 6.07) is 2.08. The molecular weight excluding hydrogens is 250 g/mol. The molecular formula is C15H25N5. The van der Waals surface area contributed by atoms with E-state index in [0.717, 1.165) is 38.3 Å². The van der Waals surface area contributed by atoms with Crippen LogP contribution in [0.3, 0.4) is 0 Å². The number of aryl methyl sites for hydroxylation is 1. The summed E-state index contributed by atoms with van der Waals surface area (Å²) in [5.74, 6) is 0.625. The molecule has 0 amide bonds. The highest BCUT2D eigenvalue weighted by molar-refractivity contribution is 5.04. The van der Waals surface area contributed by atoms with Crippen LogP contribution < -0.4 is 5.32 Å². The highest BCUT2D eigenvalue weighted by atomic mass is 15.3. The Bertz CT molecular complexity index is 512. The van der Waals surface area contributed by atoms with E-state index in [2.05, 4.69) is 54.7 Å². The van der Waals surface area contributed by atoms with Gasteiger partial charge in [-0.05, 0) is 18.4 Å². The number of nitrogens with one attached hydrogen (secondary N) is 1. The van der Waals surface area contributed by atoms with Crippen molar-refractivity contribution in [3.8, 4) is 0 Å². The summed E-state index contributed by atoms with van der Waals surface area (Å²) in [4.78, 5) is 0. The van der Waals surface area contributed by atoms with Crippen molar-refractivity contribution in [2.75, 3.05) is 0 Å². The summed E-state index contributed by atoms with van der Waals surface area (Å²) in [5, 5.41) is 12.3. The number of rotatable bonds is 8. The molecule has 0 atom stereocenters. The van der Waals surface area contributed by atoms with Crippen LogP contribution in [0.5, 0.6) is 0 Å². The molecule has 0 aliphatic rings. The minimum Gasteiger partial charge on any atom is -0.307 e. The summed E-state index contributed by atoms with van der Waals surface area (Å²) < 4.78 is 4.01.